The molecule has 3 aromatic rings. The molecule has 0 aliphatic carbocycles. The molecule has 2 aromatic carbocycles. The number of hydrogen-bond donors (Lipinski definition) is 9. The topological polar surface area (TPSA) is 314 Å². The number of hydrogen-bond acceptors (Lipinski definition) is 13. The number of piperidine rings is 1. The van der Waals surface area contributed by atoms with Gasteiger partial charge in [-0.1, -0.05) is 74.9 Å². The van der Waals surface area contributed by atoms with Crippen molar-refractivity contribution in [3.63, 3.8) is 0 Å². The van der Waals surface area contributed by atoms with E-state index in [9.17, 15) is 38.4 Å². The highest BCUT2D eigenvalue weighted by atomic mass is 127. The number of anilines is 3. The van der Waals surface area contributed by atoms with E-state index in [0.29, 0.717) is 109 Å². The fourth-order valence-corrected chi connectivity index (χ4v) is 9.48. The van der Waals surface area contributed by atoms with Gasteiger partial charge in [-0.3, -0.25) is 28.8 Å². The molecule has 0 saturated carbocycles. The predicted octanol–water partition coefficient (Wildman–Crippen LogP) is 6.03. The molecule has 22 nitrogen and oxygen atoms in total. The van der Waals surface area contributed by atoms with E-state index in [0.717, 1.165) is 30.1 Å². The van der Waals surface area contributed by atoms with E-state index in [-0.39, 0.29) is 74.5 Å². The zero-order chi connectivity index (χ0) is 57.3. The molecule has 0 radical (unpaired) electrons. The van der Waals surface area contributed by atoms with E-state index >= 15 is 0 Å². The van der Waals surface area contributed by atoms with Crippen molar-refractivity contribution in [1.82, 2.24) is 36.5 Å². The van der Waals surface area contributed by atoms with Crippen LogP contribution in [0.5, 0.6) is 0 Å². The van der Waals surface area contributed by atoms with Crippen molar-refractivity contribution in [2.75, 3.05) is 65.8 Å². The summed E-state index contributed by atoms with van der Waals surface area (Å²) >= 11 is 2.29. The molecular weight excluding hydrogens is 1130 g/mol. The average Bonchev–Trinajstić information content (AvgIpc) is 3.63. The second-order valence-corrected chi connectivity index (χ2v) is 21.0. The molecule has 23 heteroatoms. The number of pyridine rings is 1. The minimum Gasteiger partial charge on any atom is -0.445 e. The summed E-state index contributed by atoms with van der Waals surface area (Å²) in [6, 6.07) is 12.8. The summed E-state index contributed by atoms with van der Waals surface area (Å²) < 4.78 is 6.37. The summed E-state index contributed by atoms with van der Waals surface area (Å²) in [5.41, 5.74) is 15.2. The number of unbranched alkanes of at least 4 members (excludes halogenated alkanes) is 2. The second-order valence-electron chi connectivity index (χ2n) is 19.9. The Morgan fingerprint density at radius 3 is 2.18 bits per heavy atom. The van der Waals surface area contributed by atoms with Crippen LogP contribution in [0.2, 0.25) is 0 Å². The summed E-state index contributed by atoms with van der Waals surface area (Å²) in [6.07, 6.45) is 9.29. The third kappa shape index (κ3) is 20.8. The number of nitrogens with zero attached hydrogens (tertiary/aromatic N) is 4. The van der Waals surface area contributed by atoms with Crippen LogP contribution in [0.15, 0.2) is 71.4 Å². The molecule has 2 aliphatic heterocycles. The maximum Gasteiger partial charge on any atom is 0.407 e. The molecule has 79 heavy (non-hydrogen) atoms. The lowest BCUT2D eigenvalue weighted by Gasteiger charge is -2.32. The zero-order valence-corrected chi connectivity index (χ0v) is 48.0. The average molecular weight is 1200 g/mol. The molecule has 11 N–H and O–H groups in total. The van der Waals surface area contributed by atoms with Crippen molar-refractivity contribution in [3.05, 3.63) is 83.1 Å². The first-order chi connectivity index (χ1) is 38.0. The zero-order valence-electron chi connectivity index (χ0n) is 45.8. The number of halogens is 1. The van der Waals surface area contributed by atoms with Crippen LogP contribution in [-0.4, -0.2) is 126 Å². The molecule has 3 heterocycles. The Morgan fingerprint density at radius 1 is 0.810 bits per heavy atom. The molecule has 1 saturated heterocycles. The lowest BCUT2D eigenvalue weighted by Crippen LogP contribution is -2.54. The van der Waals surface area contributed by atoms with Gasteiger partial charge in [0.15, 0.2) is 0 Å². The number of alkyl carbamates (subject to hydrolysis) is 1. The first-order valence-corrected chi connectivity index (χ1v) is 28.8. The number of aromatic nitrogens is 1. The third-order valence-corrected chi connectivity index (χ3v) is 14.0. The maximum absolute atomic E-state index is 13.5. The van der Waals surface area contributed by atoms with E-state index in [2.05, 4.69) is 74.7 Å². The largest absolute Gasteiger partial charge is 0.445 e. The van der Waals surface area contributed by atoms with Crippen LogP contribution in [0.25, 0.3) is 6.08 Å². The Labute approximate surface area is 476 Å². The fourth-order valence-electron chi connectivity index (χ4n) is 8.94. The van der Waals surface area contributed by atoms with Crippen LogP contribution in [-0.2, 0) is 35.3 Å². The number of primary amides is 1. The quantitative estimate of drug-likeness (QED) is 0.0219. The Bertz CT molecular complexity index is 2620. The second kappa shape index (κ2) is 32.6. The number of nitrogens with two attached hydrogens (primary N) is 2. The molecule has 428 valence electrons. The molecule has 1 fully saturated rings. The van der Waals surface area contributed by atoms with Crippen molar-refractivity contribution < 1.29 is 43.1 Å². The molecular formula is C56H78IN13O9. The maximum atomic E-state index is 13.5. The van der Waals surface area contributed by atoms with Gasteiger partial charge in [-0.2, -0.15) is 0 Å². The van der Waals surface area contributed by atoms with Crippen LogP contribution >= 0.6 is 22.6 Å². The van der Waals surface area contributed by atoms with Gasteiger partial charge in [0.1, 0.15) is 30.3 Å². The highest BCUT2D eigenvalue weighted by Crippen LogP contribution is 2.29. The van der Waals surface area contributed by atoms with Gasteiger partial charge >= 0.3 is 12.1 Å². The molecule has 0 unspecified atom stereocenters. The molecule has 2 aliphatic rings. The fraction of sp³-hybridized carbons (Fsp3) is 0.500. The number of benzene rings is 2. The van der Waals surface area contributed by atoms with Crippen molar-refractivity contribution in [2.45, 2.75) is 117 Å². The van der Waals surface area contributed by atoms with Gasteiger partial charge in [-0.05, 0) is 110 Å². The predicted molar refractivity (Wildman–Crippen MR) is 314 cm³/mol. The highest BCUT2D eigenvalue weighted by molar-refractivity contribution is 14.1. The van der Waals surface area contributed by atoms with Crippen LogP contribution < -0.4 is 53.6 Å². The number of nitrogens with one attached hydrogen (secondary N) is 7. The number of urea groups is 1. The van der Waals surface area contributed by atoms with Gasteiger partial charge in [0.05, 0.1) is 17.6 Å². The molecule has 2 atom stereocenters. The number of aliphatic imine (C=N–C) groups is 1. The number of rotatable bonds is 29. The Balaban J connectivity index is 1.00. The van der Waals surface area contributed by atoms with Gasteiger partial charge in [-0.15, -0.1) is 0 Å². The van der Waals surface area contributed by atoms with E-state index < -0.39 is 36.0 Å². The van der Waals surface area contributed by atoms with Crippen molar-refractivity contribution in [1.29, 1.82) is 0 Å². The Hall–Kier alpha value is -7.31. The number of amides is 9. The lowest BCUT2D eigenvalue weighted by atomic mass is 9.96. The number of alkyl halides is 1. The molecule has 0 bridgehead atoms. The molecule has 9 amide bonds. The lowest BCUT2D eigenvalue weighted by molar-refractivity contribution is -0.132. The van der Waals surface area contributed by atoms with E-state index in [4.69, 9.17) is 16.2 Å². The molecule has 1 aromatic heterocycles. The Kier molecular flexibility index (Phi) is 25.8. The normalized spacial score (nSPS) is 14.0. The minimum absolute atomic E-state index is 0.0592. The summed E-state index contributed by atoms with van der Waals surface area (Å²) in [6.45, 7) is 10.7. The molecule has 0 spiro atoms. The van der Waals surface area contributed by atoms with Crippen molar-refractivity contribution >= 4 is 105 Å². The highest BCUT2D eigenvalue weighted by Gasteiger charge is 2.30. The number of carbonyl (C=O) groups excluding carboxylic acids is 8. The third-order valence-electron chi connectivity index (χ3n) is 13.2. The first kappa shape index (κ1) is 62.5. The van der Waals surface area contributed by atoms with E-state index in [1.165, 1.54) is 0 Å². The van der Waals surface area contributed by atoms with Gasteiger partial charge < -0.3 is 63.2 Å². The van der Waals surface area contributed by atoms with E-state index in [1.54, 1.807) is 54.7 Å². The van der Waals surface area contributed by atoms with Crippen molar-refractivity contribution in [3.8, 4) is 0 Å². The standard InChI is InChI=1S/C56H78IN13O9/c1-5-27-70(28-6-2)54(76)41-31-39-15-16-40(32-45(39)66-46(58)33-41)51(73)65-43-19-20-47(63-34-43)69-29-21-38(22-30-69)50(72)60-25-26-62-56(78)79-35-37-13-17-42(18-14-37)64-52(74)44(11-10-24-61-55(59)77)67-53(75)49(36(3)4)68-48(71)12-8-7-9-23-57/h13-20,31-32,34,36,38,44,49H,5-12,21-30,33,35H2,1-4H3,(H2,58,66)(H,60,72)(H,62,78)(H,64,74)(H,65,73)(H,67,75)(H,68,71)(H3,59,61,77)/t44-,49-/m0/s1. The van der Waals surface area contributed by atoms with Gasteiger partial charge in [0, 0.05) is 87.0 Å². The minimum atomic E-state index is -0.995. The van der Waals surface area contributed by atoms with Crippen LogP contribution in [0.4, 0.5) is 32.5 Å². The van der Waals surface area contributed by atoms with E-state index in [1.807, 2.05) is 44.7 Å². The number of amidine groups is 1. The monoisotopic (exact) mass is 1200 g/mol. The molecule has 5 rings (SSSR count). The first-order valence-electron chi connectivity index (χ1n) is 27.2. The van der Waals surface area contributed by atoms with Crippen molar-refractivity contribution in [2.24, 2.45) is 28.3 Å². The van der Waals surface area contributed by atoms with Gasteiger partial charge in [-0.25, -0.2) is 19.6 Å². The number of ether oxygens (including phenoxy) is 1. The summed E-state index contributed by atoms with van der Waals surface area (Å²) in [7, 11) is 0. The summed E-state index contributed by atoms with van der Waals surface area (Å²) in [5, 5.41) is 19.3. The number of carbonyl (C=O) groups is 8. The van der Waals surface area contributed by atoms with Crippen LogP contribution in [0.1, 0.15) is 120 Å². The summed E-state index contributed by atoms with van der Waals surface area (Å²) in [5.74, 6) is -1.21. The SMILES string of the molecule is CCCN(CCC)C(=O)C1=Cc2ccc(C(=O)Nc3ccc(N4CCC(C(=O)NCCNC(=O)OCc5ccc(NC(=O)[C@H](CCCNC(N)=O)NC(=O)[C@@H](NC(=O)CCCCCI)C(C)C)cc5)CC4)nc3)cc2N=C(N)C1. The Morgan fingerprint density at radius 2 is 1.52 bits per heavy atom. The number of fused-ring (bicyclic) bond motifs is 1. The van der Waals surface area contributed by atoms with Crippen LogP contribution in [0.3, 0.4) is 0 Å². The summed E-state index contributed by atoms with van der Waals surface area (Å²) in [4.78, 5) is 116. The van der Waals surface area contributed by atoms with Crippen LogP contribution in [0, 0.1) is 11.8 Å². The van der Waals surface area contributed by atoms with Gasteiger partial charge in [0.2, 0.25) is 29.5 Å². The smallest absolute Gasteiger partial charge is 0.407 e. The van der Waals surface area contributed by atoms with Gasteiger partial charge in [0.25, 0.3) is 5.91 Å².